The summed E-state index contributed by atoms with van der Waals surface area (Å²) in [5.41, 5.74) is -0.524. The molecule has 0 amide bonds. The fourth-order valence-electron chi connectivity index (χ4n) is 1.78. The first-order chi connectivity index (χ1) is 9.81. The smallest absolute Gasteiger partial charge is 0.372 e. The molecule has 0 aliphatic carbocycles. The summed E-state index contributed by atoms with van der Waals surface area (Å²) in [6.07, 6.45) is 3.09. The maximum absolute atomic E-state index is 11.3. The van der Waals surface area contributed by atoms with E-state index in [2.05, 4.69) is 22.2 Å². The van der Waals surface area contributed by atoms with Crippen LogP contribution in [0.5, 0.6) is 5.88 Å². The number of nitrogens with one attached hydrogen (secondary N) is 1. The minimum atomic E-state index is -0.507. The standard InChI is InChI=1S/C14H24N4O3/c1-6-7-8-9-15-11-10(18(19)20)12(21-5)17-13(16-11)14(2,3)4/h6-9H2,1-5H3,(H,15,16,17). The summed E-state index contributed by atoms with van der Waals surface area (Å²) < 4.78 is 5.08. The van der Waals surface area contributed by atoms with Gasteiger partial charge >= 0.3 is 5.69 Å². The topological polar surface area (TPSA) is 90.2 Å². The van der Waals surface area contributed by atoms with Crippen LogP contribution in [0.1, 0.15) is 52.8 Å². The molecule has 0 radical (unpaired) electrons. The zero-order valence-electron chi connectivity index (χ0n) is 13.4. The van der Waals surface area contributed by atoms with Gasteiger partial charge in [0.1, 0.15) is 5.82 Å². The molecular formula is C14H24N4O3. The highest BCUT2D eigenvalue weighted by atomic mass is 16.6. The average molecular weight is 296 g/mol. The molecule has 0 saturated heterocycles. The number of hydrogen-bond donors (Lipinski definition) is 1. The van der Waals surface area contributed by atoms with E-state index >= 15 is 0 Å². The predicted molar refractivity (Wildman–Crippen MR) is 82.0 cm³/mol. The van der Waals surface area contributed by atoms with E-state index in [0.29, 0.717) is 12.4 Å². The van der Waals surface area contributed by atoms with Crippen LogP contribution in [0, 0.1) is 10.1 Å². The predicted octanol–water partition coefficient (Wildman–Crippen LogP) is 3.29. The van der Waals surface area contributed by atoms with Gasteiger partial charge in [0.25, 0.3) is 5.88 Å². The Kier molecular flexibility index (Phi) is 5.87. The quantitative estimate of drug-likeness (QED) is 0.471. The zero-order chi connectivity index (χ0) is 16.0. The molecule has 0 aliphatic heterocycles. The van der Waals surface area contributed by atoms with Crippen molar-refractivity contribution in [2.75, 3.05) is 19.0 Å². The normalized spacial score (nSPS) is 11.3. The van der Waals surface area contributed by atoms with Gasteiger partial charge in [-0.25, -0.2) is 4.98 Å². The van der Waals surface area contributed by atoms with Gasteiger partial charge in [-0.3, -0.25) is 10.1 Å². The number of rotatable bonds is 7. The Morgan fingerprint density at radius 2 is 1.95 bits per heavy atom. The third-order valence-electron chi connectivity index (χ3n) is 2.97. The SMILES string of the molecule is CCCCCNc1nc(C(C)(C)C)nc(OC)c1[N+](=O)[O-]. The third kappa shape index (κ3) is 4.54. The van der Waals surface area contributed by atoms with E-state index in [0.717, 1.165) is 19.3 Å². The lowest BCUT2D eigenvalue weighted by atomic mass is 9.96. The number of unbranched alkanes of at least 4 members (excludes halogenated alkanes) is 2. The number of hydrogen-bond acceptors (Lipinski definition) is 6. The molecule has 1 aromatic rings. The number of nitro groups is 1. The van der Waals surface area contributed by atoms with Gasteiger partial charge in [0, 0.05) is 12.0 Å². The lowest BCUT2D eigenvalue weighted by Gasteiger charge is -2.18. The molecular weight excluding hydrogens is 272 g/mol. The lowest BCUT2D eigenvalue weighted by Crippen LogP contribution is -2.19. The molecule has 0 aliphatic rings. The summed E-state index contributed by atoms with van der Waals surface area (Å²) in [5.74, 6) is 0.744. The van der Waals surface area contributed by atoms with Crippen molar-refractivity contribution in [3.8, 4) is 5.88 Å². The second kappa shape index (κ2) is 7.19. The highest BCUT2D eigenvalue weighted by Crippen LogP contribution is 2.34. The second-order valence-corrected chi connectivity index (χ2v) is 5.89. The highest BCUT2D eigenvalue weighted by molar-refractivity contribution is 5.62. The Morgan fingerprint density at radius 3 is 2.43 bits per heavy atom. The molecule has 21 heavy (non-hydrogen) atoms. The summed E-state index contributed by atoms with van der Waals surface area (Å²) in [6.45, 7) is 8.60. The maximum atomic E-state index is 11.3. The minimum Gasteiger partial charge on any atom is -0.476 e. The number of anilines is 1. The Balaban J connectivity index is 3.19. The molecule has 0 fully saturated rings. The fourth-order valence-corrected chi connectivity index (χ4v) is 1.78. The average Bonchev–Trinajstić information content (AvgIpc) is 2.41. The van der Waals surface area contributed by atoms with Crippen molar-refractivity contribution in [2.45, 2.75) is 52.4 Å². The van der Waals surface area contributed by atoms with Crippen LogP contribution in [0.3, 0.4) is 0 Å². The first-order valence-corrected chi connectivity index (χ1v) is 7.16. The number of methoxy groups -OCH3 is 1. The van der Waals surface area contributed by atoms with E-state index in [-0.39, 0.29) is 22.8 Å². The maximum Gasteiger partial charge on any atom is 0.372 e. The van der Waals surface area contributed by atoms with Gasteiger partial charge in [0.2, 0.25) is 5.82 Å². The number of nitrogens with zero attached hydrogens (tertiary/aromatic N) is 3. The van der Waals surface area contributed by atoms with Crippen LogP contribution in [0.15, 0.2) is 0 Å². The van der Waals surface area contributed by atoms with Gasteiger partial charge in [-0.2, -0.15) is 4.98 Å². The van der Waals surface area contributed by atoms with Crippen LogP contribution in [0.4, 0.5) is 11.5 Å². The fraction of sp³-hybridized carbons (Fsp3) is 0.714. The molecule has 1 rings (SSSR count). The summed E-state index contributed by atoms with van der Waals surface area (Å²) in [4.78, 5) is 19.3. The van der Waals surface area contributed by atoms with Crippen molar-refractivity contribution >= 4 is 11.5 Å². The van der Waals surface area contributed by atoms with Crippen molar-refractivity contribution in [3.05, 3.63) is 15.9 Å². The van der Waals surface area contributed by atoms with Crippen molar-refractivity contribution in [2.24, 2.45) is 0 Å². The summed E-state index contributed by atoms with van der Waals surface area (Å²) in [5, 5.41) is 14.3. The molecule has 118 valence electrons. The molecule has 1 aromatic heterocycles. The lowest BCUT2D eigenvalue weighted by molar-refractivity contribution is -0.385. The first kappa shape index (κ1) is 17.1. The first-order valence-electron chi connectivity index (χ1n) is 7.16. The van der Waals surface area contributed by atoms with Gasteiger partial charge in [-0.1, -0.05) is 40.5 Å². The molecule has 0 saturated carbocycles. The van der Waals surface area contributed by atoms with E-state index in [4.69, 9.17) is 4.74 Å². The van der Waals surface area contributed by atoms with E-state index < -0.39 is 4.92 Å². The van der Waals surface area contributed by atoms with Crippen LogP contribution < -0.4 is 10.1 Å². The molecule has 1 N–H and O–H groups in total. The molecule has 1 heterocycles. The van der Waals surface area contributed by atoms with Crippen molar-refractivity contribution in [1.82, 2.24) is 9.97 Å². The molecule has 0 bridgehead atoms. The van der Waals surface area contributed by atoms with E-state index in [1.165, 1.54) is 7.11 Å². The zero-order valence-corrected chi connectivity index (χ0v) is 13.4. The third-order valence-corrected chi connectivity index (χ3v) is 2.97. The molecule has 7 nitrogen and oxygen atoms in total. The number of aromatic nitrogens is 2. The van der Waals surface area contributed by atoms with Crippen LogP contribution in [0.2, 0.25) is 0 Å². The molecule has 0 atom stereocenters. The monoisotopic (exact) mass is 296 g/mol. The van der Waals surface area contributed by atoms with Crippen molar-refractivity contribution in [3.63, 3.8) is 0 Å². The van der Waals surface area contributed by atoms with Gasteiger partial charge < -0.3 is 10.1 Å². The minimum absolute atomic E-state index is 0.00193. The summed E-state index contributed by atoms with van der Waals surface area (Å²) in [7, 11) is 1.38. The van der Waals surface area contributed by atoms with E-state index in [1.54, 1.807) is 0 Å². The number of ether oxygens (including phenoxy) is 1. The van der Waals surface area contributed by atoms with Crippen LogP contribution >= 0.6 is 0 Å². The van der Waals surface area contributed by atoms with E-state index in [9.17, 15) is 10.1 Å². The molecule has 0 aromatic carbocycles. The van der Waals surface area contributed by atoms with Gasteiger partial charge in [0.05, 0.1) is 12.0 Å². The van der Waals surface area contributed by atoms with Crippen molar-refractivity contribution in [1.29, 1.82) is 0 Å². The Bertz CT molecular complexity index is 498. The highest BCUT2D eigenvalue weighted by Gasteiger charge is 2.29. The van der Waals surface area contributed by atoms with Gasteiger partial charge in [-0.05, 0) is 6.42 Å². The largest absolute Gasteiger partial charge is 0.476 e. The van der Waals surface area contributed by atoms with Gasteiger partial charge in [0.15, 0.2) is 0 Å². The Morgan fingerprint density at radius 1 is 1.29 bits per heavy atom. The Hall–Kier alpha value is -1.92. The summed E-state index contributed by atoms with van der Waals surface area (Å²) in [6, 6.07) is 0. The van der Waals surface area contributed by atoms with Crippen LogP contribution in [-0.2, 0) is 5.41 Å². The Labute approximate surface area is 125 Å². The van der Waals surface area contributed by atoms with Gasteiger partial charge in [-0.15, -0.1) is 0 Å². The van der Waals surface area contributed by atoms with Crippen LogP contribution in [-0.4, -0.2) is 28.5 Å². The molecule has 7 heteroatoms. The van der Waals surface area contributed by atoms with E-state index in [1.807, 2.05) is 20.8 Å². The summed E-state index contributed by atoms with van der Waals surface area (Å²) >= 11 is 0. The molecule has 0 unspecified atom stereocenters. The van der Waals surface area contributed by atoms with Crippen molar-refractivity contribution < 1.29 is 9.66 Å². The molecule has 0 spiro atoms. The van der Waals surface area contributed by atoms with Crippen LogP contribution in [0.25, 0.3) is 0 Å². The second-order valence-electron chi connectivity index (χ2n) is 5.89.